The van der Waals surface area contributed by atoms with E-state index in [-0.39, 0.29) is 6.04 Å². The number of halogens is 1. The zero-order valence-electron chi connectivity index (χ0n) is 9.45. The van der Waals surface area contributed by atoms with E-state index in [1.165, 1.54) is 24.0 Å². The molecular formula is C14H14ClNO. The molecule has 0 saturated heterocycles. The molecule has 3 rings (SSSR count). The van der Waals surface area contributed by atoms with Crippen LogP contribution in [0.2, 0.25) is 5.22 Å². The number of benzene rings is 1. The largest absolute Gasteiger partial charge is 0.448 e. The van der Waals surface area contributed by atoms with Gasteiger partial charge in [-0.05, 0) is 59.7 Å². The summed E-state index contributed by atoms with van der Waals surface area (Å²) in [5.41, 5.74) is 10.1. The van der Waals surface area contributed by atoms with Crippen LogP contribution in [0.3, 0.4) is 0 Å². The van der Waals surface area contributed by atoms with E-state index in [9.17, 15) is 0 Å². The van der Waals surface area contributed by atoms with Crippen LogP contribution in [0, 0.1) is 0 Å². The smallest absolute Gasteiger partial charge is 0.193 e. The molecular weight excluding hydrogens is 234 g/mol. The summed E-state index contributed by atoms with van der Waals surface area (Å²) in [5, 5.41) is 0.386. The third-order valence-electron chi connectivity index (χ3n) is 3.38. The maximum Gasteiger partial charge on any atom is 0.193 e. The SMILES string of the molecule is NC(c1ccc2c(c1)CCC2)c1ccc(Cl)o1. The fraction of sp³-hybridized carbons (Fsp3) is 0.286. The lowest BCUT2D eigenvalue weighted by Crippen LogP contribution is -2.11. The second-order valence-electron chi connectivity index (χ2n) is 4.50. The molecule has 0 amide bonds. The number of fused-ring (bicyclic) bond motifs is 1. The van der Waals surface area contributed by atoms with Crippen molar-refractivity contribution in [1.29, 1.82) is 0 Å². The summed E-state index contributed by atoms with van der Waals surface area (Å²) in [5.74, 6) is 0.716. The zero-order chi connectivity index (χ0) is 11.8. The molecule has 0 fully saturated rings. The third-order valence-corrected chi connectivity index (χ3v) is 3.59. The van der Waals surface area contributed by atoms with E-state index in [0.717, 1.165) is 12.0 Å². The van der Waals surface area contributed by atoms with E-state index < -0.39 is 0 Å². The Kier molecular flexibility index (Phi) is 2.69. The average Bonchev–Trinajstić information content (AvgIpc) is 2.95. The summed E-state index contributed by atoms with van der Waals surface area (Å²) < 4.78 is 5.36. The minimum atomic E-state index is -0.228. The molecule has 1 atom stereocenters. The molecule has 0 spiro atoms. The first-order chi connectivity index (χ1) is 8.24. The molecule has 2 aromatic rings. The second-order valence-corrected chi connectivity index (χ2v) is 4.87. The van der Waals surface area contributed by atoms with Crippen molar-refractivity contribution < 1.29 is 4.42 Å². The quantitative estimate of drug-likeness (QED) is 0.883. The first kappa shape index (κ1) is 10.9. The first-order valence-electron chi connectivity index (χ1n) is 5.86. The van der Waals surface area contributed by atoms with Crippen molar-refractivity contribution in [3.05, 3.63) is 58.0 Å². The summed E-state index contributed by atoms with van der Waals surface area (Å²) in [6.07, 6.45) is 3.60. The van der Waals surface area contributed by atoms with Gasteiger partial charge in [0.2, 0.25) is 0 Å². The lowest BCUT2D eigenvalue weighted by molar-refractivity contribution is 0.491. The molecule has 88 valence electrons. The number of furan rings is 1. The predicted octanol–water partition coefficient (Wildman–Crippen LogP) is 3.47. The van der Waals surface area contributed by atoms with Gasteiger partial charge >= 0.3 is 0 Å². The van der Waals surface area contributed by atoms with Crippen LogP contribution >= 0.6 is 11.6 Å². The predicted molar refractivity (Wildman–Crippen MR) is 68.2 cm³/mol. The Labute approximate surface area is 105 Å². The van der Waals surface area contributed by atoms with Crippen molar-refractivity contribution in [3.63, 3.8) is 0 Å². The topological polar surface area (TPSA) is 39.2 Å². The molecule has 2 nitrogen and oxygen atoms in total. The van der Waals surface area contributed by atoms with Crippen LogP contribution < -0.4 is 5.73 Å². The van der Waals surface area contributed by atoms with Crippen molar-refractivity contribution in [2.45, 2.75) is 25.3 Å². The lowest BCUT2D eigenvalue weighted by Gasteiger charge is -2.11. The fourth-order valence-electron chi connectivity index (χ4n) is 2.44. The molecule has 1 aromatic heterocycles. The Morgan fingerprint density at radius 3 is 2.71 bits per heavy atom. The third kappa shape index (κ3) is 1.99. The van der Waals surface area contributed by atoms with Crippen LogP contribution in [0.25, 0.3) is 0 Å². The lowest BCUT2D eigenvalue weighted by atomic mass is 10.0. The molecule has 3 heteroatoms. The van der Waals surface area contributed by atoms with Crippen molar-refractivity contribution in [2.75, 3.05) is 0 Å². The van der Waals surface area contributed by atoms with Crippen molar-refractivity contribution >= 4 is 11.6 Å². The highest BCUT2D eigenvalue weighted by Crippen LogP contribution is 2.28. The van der Waals surface area contributed by atoms with Gasteiger partial charge in [0, 0.05) is 0 Å². The Balaban J connectivity index is 1.94. The fourth-order valence-corrected chi connectivity index (χ4v) is 2.60. The van der Waals surface area contributed by atoms with E-state index >= 15 is 0 Å². The van der Waals surface area contributed by atoms with Crippen LogP contribution in [-0.2, 0) is 12.8 Å². The summed E-state index contributed by atoms with van der Waals surface area (Å²) in [7, 11) is 0. The van der Waals surface area contributed by atoms with Crippen molar-refractivity contribution in [1.82, 2.24) is 0 Å². The molecule has 0 bridgehead atoms. The van der Waals surface area contributed by atoms with Gasteiger partial charge in [-0.2, -0.15) is 0 Å². The highest BCUT2D eigenvalue weighted by atomic mass is 35.5. The standard InChI is InChI=1S/C14H14ClNO/c15-13-7-6-12(17-13)14(16)11-5-4-9-2-1-3-10(9)8-11/h4-8,14H,1-3,16H2. The maximum atomic E-state index is 6.17. The van der Waals surface area contributed by atoms with E-state index in [2.05, 4.69) is 18.2 Å². The number of aryl methyl sites for hydroxylation is 2. The van der Waals surface area contributed by atoms with Gasteiger partial charge in [0.25, 0.3) is 0 Å². The van der Waals surface area contributed by atoms with Gasteiger partial charge in [-0.15, -0.1) is 0 Å². The highest BCUT2D eigenvalue weighted by molar-refractivity contribution is 6.28. The first-order valence-corrected chi connectivity index (χ1v) is 6.24. The van der Waals surface area contributed by atoms with Crippen molar-refractivity contribution in [2.24, 2.45) is 5.73 Å². The van der Waals surface area contributed by atoms with Crippen LogP contribution in [0.15, 0.2) is 34.7 Å². The normalized spacial score (nSPS) is 15.9. The summed E-state index contributed by atoms with van der Waals surface area (Å²) in [4.78, 5) is 0. The summed E-state index contributed by atoms with van der Waals surface area (Å²) in [6.45, 7) is 0. The van der Waals surface area contributed by atoms with E-state index in [1.54, 1.807) is 6.07 Å². The monoisotopic (exact) mass is 247 g/mol. The maximum absolute atomic E-state index is 6.17. The second kappa shape index (κ2) is 4.21. The van der Waals surface area contributed by atoms with Gasteiger partial charge in [-0.3, -0.25) is 0 Å². The zero-order valence-corrected chi connectivity index (χ0v) is 10.2. The molecule has 1 unspecified atom stereocenters. The number of rotatable bonds is 2. The van der Waals surface area contributed by atoms with Gasteiger partial charge in [0.1, 0.15) is 5.76 Å². The summed E-state index contributed by atoms with van der Waals surface area (Å²) >= 11 is 5.76. The molecule has 17 heavy (non-hydrogen) atoms. The Morgan fingerprint density at radius 2 is 1.94 bits per heavy atom. The minimum Gasteiger partial charge on any atom is -0.448 e. The van der Waals surface area contributed by atoms with Gasteiger partial charge in [0.05, 0.1) is 6.04 Å². The van der Waals surface area contributed by atoms with E-state index in [0.29, 0.717) is 11.0 Å². The number of hydrogen-bond donors (Lipinski definition) is 1. The molecule has 1 aliphatic carbocycles. The Bertz CT molecular complexity index is 547. The highest BCUT2D eigenvalue weighted by Gasteiger charge is 2.16. The minimum absolute atomic E-state index is 0.228. The molecule has 1 heterocycles. The van der Waals surface area contributed by atoms with Crippen LogP contribution in [0.4, 0.5) is 0 Å². The molecule has 2 N–H and O–H groups in total. The van der Waals surface area contributed by atoms with Gasteiger partial charge in [-0.1, -0.05) is 18.2 Å². The summed E-state index contributed by atoms with van der Waals surface area (Å²) in [6, 6.07) is 9.80. The van der Waals surface area contributed by atoms with Gasteiger partial charge in [0.15, 0.2) is 5.22 Å². The van der Waals surface area contributed by atoms with Crippen LogP contribution in [0.5, 0.6) is 0 Å². The van der Waals surface area contributed by atoms with Crippen LogP contribution in [-0.4, -0.2) is 0 Å². The molecule has 0 aliphatic heterocycles. The van der Waals surface area contributed by atoms with Crippen molar-refractivity contribution in [3.8, 4) is 0 Å². The number of hydrogen-bond acceptors (Lipinski definition) is 2. The molecule has 0 radical (unpaired) electrons. The molecule has 1 aromatic carbocycles. The molecule has 1 aliphatic rings. The molecule has 0 saturated carbocycles. The van der Waals surface area contributed by atoms with E-state index in [4.69, 9.17) is 21.8 Å². The Hall–Kier alpha value is -1.25. The van der Waals surface area contributed by atoms with Gasteiger partial charge < -0.3 is 10.2 Å². The average molecular weight is 248 g/mol. The van der Waals surface area contributed by atoms with Gasteiger partial charge in [-0.25, -0.2) is 0 Å². The number of nitrogens with two attached hydrogens (primary N) is 1. The van der Waals surface area contributed by atoms with E-state index in [1.807, 2.05) is 6.07 Å². The Morgan fingerprint density at radius 1 is 1.12 bits per heavy atom. The van der Waals surface area contributed by atoms with Crippen LogP contribution in [0.1, 0.15) is 34.9 Å².